The summed E-state index contributed by atoms with van der Waals surface area (Å²) in [5.41, 5.74) is 6.34. The molecule has 9 nitrogen and oxygen atoms in total. The summed E-state index contributed by atoms with van der Waals surface area (Å²) < 4.78 is 0. The minimum absolute atomic E-state index is 0.596. The molecule has 0 atom stereocenters. The maximum Gasteiger partial charge on any atom is 0.181 e. The Morgan fingerprint density at radius 2 is 1.73 bits per heavy atom. The van der Waals surface area contributed by atoms with Crippen LogP contribution in [0.15, 0.2) is 67.6 Å². The quantitative estimate of drug-likeness (QED) is 0.474. The number of H-pyrrole nitrogens is 2. The van der Waals surface area contributed by atoms with Crippen molar-refractivity contribution in [2.75, 3.05) is 0 Å². The monoisotopic (exact) mass is 391 g/mol. The van der Waals surface area contributed by atoms with Gasteiger partial charge in [0.25, 0.3) is 0 Å². The maximum absolute atomic E-state index is 4.68. The summed E-state index contributed by atoms with van der Waals surface area (Å²) in [6.45, 7) is 0. The Balaban J connectivity index is 1.52. The summed E-state index contributed by atoms with van der Waals surface area (Å²) in [7, 11) is 0. The van der Waals surface area contributed by atoms with Crippen molar-refractivity contribution in [3.05, 3.63) is 67.6 Å². The van der Waals surface area contributed by atoms with E-state index in [4.69, 9.17) is 0 Å². The number of hydrogen-bond acceptors (Lipinski definition) is 7. The first kappa shape index (κ1) is 16.4. The van der Waals surface area contributed by atoms with Crippen molar-refractivity contribution in [3.63, 3.8) is 0 Å². The van der Waals surface area contributed by atoms with Crippen LogP contribution in [0.1, 0.15) is 0 Å². The zero-order chi connectivity index (χ0) is 19.9. The number of aromatic amines is 2. The molecule has 6 aromatic heterocycles. The summed E-state index contributed by atoms with van der Waals surface area (Å²) >= 11 is 0. The van der Waals surface area contributed by atoms with Crippen LogP contribution >= 0.6 is 0 Å². The van der Waals surface area contributed by atoms with E-state index in [2.05, 4.69) is 45.1 Å². The number of fused-ring (bicyclic) bond motifs is 2. The van der Waals surface area contributed by atoms with E-state index in [9.17, 15) is 0 Å². The molecular formula is C21H13N9. The fourth-order valence-electron chi connectivity index (χ4n) is 3.46. The maximum atomic E-state index is 4.68. The molecule has 142 valence electrons. The molecule has 0 saturated carbocycles. The molecule has 6 aromatic rings. The third-order valence-electron chi connectivity index (χ3n) is 4.87. The third kappa shape index (κ3) is 2.60. The van der Waals surface area contributed by atoms with Gasteiger partial charge in [-0.05, 0) is 18.2 Å². The molecule has 2 N–H and O–H groups in total. The minimum Gasteiger partial charge on any atom is -0.335 e. The Hall–Kier alpha value is -4.53. The lowest BCUT2D eigenvalue weighted by molar-refractivity contribution is 1.09. The largest absolute Gasteiger partial charge is 0.335 e. The van der Waals surface area contributed by atoms with Crippen molar-refractivity contribution < 1.29 is 0 Å². The molecule has 6 heterocycles. The Labute approximate surface area is 169 Å². The molecular weight excluding hydrogens is 378 g/mol. The van der Waals surface area contributed by atoms with Gasteiger partial charge in [-0.1, -0.05) is 6.07 Å². The highest BCUT2D eigenvalue weighted by Crippen LogP contribution is 2.31. The van der Waals surface area contributed by atoms with E-state index in [0.29, 0.717) is 17.1 Å². The lowest BCUT2D eigenvalue weighted by atomic mass is 10.1. The Bertz CT molecular complexity index is 1490. The van der Waals surface area contributed by atoms with Gasteiger partial charge in [-0.2, -0.15) is 5.10 Å². The third-order valence-corrected chi connectivity index (χ3v) is 4.87. The smallest absolute Gasteiger partial charge is 0.181 e. The van der Waals surface area contributed by atoms with Gasteiger partial charge in [0.05, 0.1) is 22.8 Å². The van der Waals surface area contributed by atoms with Crippen LogP contribution in [-0.2, 0) is 0 Å². The molecule has 0 bridgehead atoms. The first-order chi connectivity index (χ1) is 14.9. The molecule has 6 rings (SSSR count). The minimum atomic E-state index is 0.596. The van der Waals surface area contributed by atoms with Crippen LogP contribution in [0.3, 0.4) is 0 Å². The van der Waals surface area contributed by atoms with Gasteiger partial charge in [-0.15, -0.1) is 0 Å². The summed E-state index contributed by atoms with van der Waals surface area (Å²) in [6.07, 6.45) is 12.0. The Morgan fingerprint density at radius 1 is 0.767 bits per heavy atom. The van der Waals surface area contributed by atoms with E-state index in [1.54, 1.807) is 37.2 Å². The molecule has 0 unspecified atom stereocenters. The van der Waals surface area contributed by atoms with Crippen LogP contribution in [0, 0.1) is 0 Å². The van der Waals surface area contributed by atoms with Crippen molar-refractivity contribution in [2.24, 2.45) is 0 Å². The van der Waals surface area contributed by atoms with Gasteiger partial charge in [-0.3, -0.25) is 20.1 Å². The number of imidazole rings is 1. The van der Waals surface area contributed by atoms with Crippen molar-refractivity contribution in [3.8, 4) is 33.9 Å². The summed E-state index contributed by atoms with van der Waals surface area (Å²) in [4.78, 5) is 29.6. The summed E-state index contributed by atoms with van der Waals surface area (Å²) in [5.74, 6) is 0.634. The molecule has 0 aliphatic heterocycles. The average Bonchev–Trinajstić information content (AvgIpc) is 3.43. The van der Waals surface area contributed by atoms with Crippen molar-refractivity contribution in [1.29, 1.82) is 0 Å². The number of hydrogen-bond donors (Lipinski definition) is 2. The van der Waals surface area contributed by atoms with Crippen LogP contribution in [-0.4, -0.2) is 45.1 Å². The SMILES string of the molecule is c1cncc(-c2ccnc3nc(-c4[nH]nc5ncc(-c6cnccn6)cc45)[nH]c23)c1. The molecule has 0 aromatic carbocycles. The molecule has 0 saturated heterocycles. The topological polar surface area (TPSA) is 122 Å². The highest BCUT2D eigenvalue weighted by molar-refractivity contribution is 5.95. The van der Waals surface area contributed by atoms with E-state index in [-0.39, 0.29) is 0 Å². The molecule has 0 spiro atoms. The highest BCUT2D eigenvalue weighted by Gasteiger charge is 2.16. The van der Waals surface area contributed by atoms with E-state index >= 15 is 0 Å². The summed E-state index contributed by atoms with van der Waals surface area (Å²) in [6, 6.07) is 7.83. The zero-order valence-electron chi connectivity index (χ0n) is 15.5. The number of aromatic nitrogens is 9. The number of nitrogens with one attached hydrogen (secondary N) is 2. The Morgan fingerprint density at radius 3 is 2.60 bits per heavy atom. The molecule has 9 heteroatoms. The second-order valence-electron chi connectivity index (χ2n) is 6.67. The van der Waals surface area contributed by atoms with E-state index in [1.807, 2.05) is 30.5 Å². The lowest BCUT2D eigenvalue weighted by Gasteiger charge is -2.01. The van der Waals surface area contributed by atoms with Crippen LogP contribution in [0.5, 0.6) is 0 Å². The molecule has 0 aliphatic carbocycles. The fourth-order valence-corrected chi connectivity index (χ4v) is 3.46. The molecule has 0 aliphatic rings. The highest BCUT2D eigenvalue weighted by atomic mass is 15.2. The van der Waals surface area contributed by atoms with E-state index in [0.717, 1.165) is 39.0 Å². The van der Waals surface area contributed by atoms with Crippen LogP contribution in [0.2, 0.25) is 0 Å². The molecule has 30 heavy (non-hydrogen) atoms. The molecule has 0 amide bonds. The van der Waals surface area contributed by atoms with Gasteiger partial charge >= 0.3 is 0 Å². The predicted molar refractivity (Wildman–Crippen MR) is 111 cm³/mol. The average molecular weight is 391 g/mol. The number of rotatable bonds is 3. The first-order valence-corrected chi connectivity index (χ1v) is 9.23. The summed E-state index contributed by atoms with van der Waals surface area (Å²) in [5, 5.41) is 8.20. The number of nitrogens with zero attached hydrogens (tertiary/aromatic N) is 7. The fraction of sp³-hybridized carbons (Fsp3) is 0. The van der Waals surface area contributed by atoms with Gasteiger partial charge in [0.1, 0.15) is 5.69 Å². The van der Waals surface area contributed by atoms with E-state index in [1.165, 1.54) is 0 Å². The van der Waals surface area contributed by atoms with Gasteiger partial charge in [0, 0.05) is 53.9 Å². The molecule has 0 fully saturated rings. The van der Waals surface area contributed by atoms with Gasteiger partial charge in [0.2, 0.25) is 0 Å². The standard InChI is InChI=1S/C21H13N9/c1-2-12(9-22-4-1)14-3-5-25-20-17(14)27-21(28-20)18-15-8-13(10-26-19(15)30-29-18)16-11-23-6-7-24-16/h1-11H,(H,25,27,28)(H,26,29,30). The second-order valence-corrected chi connectivity index (χ2v) is 6.67. The van der Waals surface area contributed by atoms with Gasteiger partial charge in [-0.25, -0.2) is 15.0 Å². The van der Waals surface area contributed by atoms with Crippen LogP contribution in [0.25, 0.3) is 56.1 Å². The van der Waals surface area contributed by atoms with Crippen molar-refractivity contribution in [1.82, 2.24) is 45.1 Å². The number of pyridine rings is 3. The lowest BCUT2D eigenvalue weighted by Crippen LogP contribution is -1.87. The second kappa shape index (κ2) is 6.52. The van der Waals surface area contributed by atoms with Gasteiger partial charge in [0.15, 0.2) is 17.1 Å². The van der Waals surface area contributed by atoms with Crippen molar-refractivity contribution in [2.45, 2.75) is 0 Å². The van der Waals surface area contributed by atoms with Gasteiger partial charge < -0.3 is 4.98 Å². The van der Waals surface area contributed by atoms with Crippen LogP contribution in [0.4, 0.5) is 0 Å². The van der Waals surface area contributed by atoms with Crippen molar-refractivity contribution >= 4 is 22.2 Å². The normalized spacial score (nSPS) is 11.3. The van der Waals surface area contributed by atoms with Crippen LogP contribution < -0.4 is 0 Å². The molecule has 0 radical (unpaired) electrons. The van der Waals surface area contributed by atoms with E-state index < -0.39 is 0 Å². The predicted octanol–water partition coefficient (Wildman–Crippen LogP) is 3.42. The first-order valence-electron chi connectivity index (χ1n) is 9.23. The Kier molecular flexibility index (Phi) is 3.57. The zero-order valence-corrected chi connectivity index (χ0v) is 15.5.